The van der Waals surface area contributed by atoms with Gasteiger partial charge in [-0.15, -0.1) is 0 Å². The van der Waals surface area contributed by atoms with E-state index in [2.05, 4.69) is 15.5 Å². The summed E-state index contributed by atoms with van der Waals surface area (Å²) >= 11 is 0. The normalized spacial score (nSPS) is 19.8. The quantitative estimate of drug-likeness (QED) is 0.503. The Bertz CT molecular complexity index is 484. The van der Waals surface area contributed by atoms with E-state index in [9.17, 15) is 14.9 Å². The van der Waals surface area contributed by atoms with Crippen LogP contribution in [0.3, 0.4) is 0 Å². The Labute approximate surface area is 103 Å². The molecule has 1 N–H and O–H groups in total. The van der Waals surface area contributed by atoms with Crippen LogP contribution in [-0.2, 0) is 4.79 Å². The number of carbonyl (C=O) groups excluding carboxylic acids is 1. The summed E-state index contributed by atoms with van der Waals surface area (Å²) in [6, 6.07) is 5.27. The largest absolute Gasteiger partial charge is 0.354 e. The van der Waals surface area contributed by atoms with E-state index in [1.165, 1.54) is 24.3 Å². The van der Waals surface area contributed by atoms with Gasteiger partial charge in [0.05, 0.1) is 10.6 Å². The van der Waals surface area contributed by atoms with Crippen LogP contribution in [0.15, 0.2) is 34.5 Å². The molecule has 1 aliphatic rings. The predicted octanol–water partition coefficient (Wildman–Crippen LogP) is 1.96. The van der Waals surface area contributed by atoms with Gasteiger partial charge in [0.2, 0.25) is 5.91 Å². The minimum Gasteiger partial charge on any atom is -0.354 e. The van der Waals surface area contributed by atoms with Gasteiger partial charge in [-0.25, -0.2) is 0 Å². The standard InChI is InChI=1S/C11H12N4O3/c16-11-10(2-1-7-12-11)14-13-8-3-5-9(6-4-8)15(17)18/h3-6,10H,1-2,7H2,(H,12,16). The second-order valence-corrected chi connectivity index (χ2v) is 3.94. The first-order valence-corrected chi connectivity index (χ1v) is 5.60. The molecule has 1 aromatic carbocycles. The van der Waals surface area contributed by atoms with Gasteiger partial charge in [-0.05, 0) is 25.0 Å². The number of nitro groups is 1. The maximum absolute atomic E-state index is 11.4. The number of non-ortho nitro benzene ring substituents is 1. The van der Waals surface area contributed by atoms with Crippen LogP contribution in [-0.4, -0.2) is 23.4 Å². The van der Waals surface area contributed by atoms with E-state index in [1.807, 2.05) is 0 Å². The number of amides is 1. The lowest BCUT2D eigenvalue weighted by atomic mass is 10.1. The molecule has 1 heterocycles. The smallest absolute Gasteiger partial charge is 0.269 e. The van der Waals surface area contributed by atoms with E-state index in [4.69, 9.17) is 0 Å². The van der Waals surface area contributed by atoms with Crippen molar-refractivity contribution < 1.29 is 9.72 Å². The van der Waals surface area contributed by atoms with E-state index in [0.717, 1.165) is 6.42 Å². The van der Waals surface area contributed by atoms with Crippen LogP contribution in [0.25, 0.3) is 0 Å². The summed E-state index contributed by atoms with van der Waals surface area (Å²) in [5.41, 5.74) is 0.503. The maximum atomic E-state index is 11.4. The van der Waals surface area contributed by atoms with Crippen LogP contribution in [0.4, 0.5) is 11.4 Å². The Morgan fingerprint density at radius 2 is 2.06 bits per heavy atom. The maximum Gasteiger partial charge on any atom is 0.269 e. The van der Waals surface area contributed by atoms with Gasteiger partial charge in [-0.3, -0.25) is 14.9 Å². The fourth-order valence-corrected chi connectivity index (χ4v) is 1.64. The van der Waals surface area contributed by atoms with Crippen molar-refractivity contribution in [1.29, 1.82) is 0 Å². The molecule has 0 spiro atoms. The van der Waals surface area contributed by atoms with Crippen LogP contribution in [0, 0.1) is 10.1 Å². The zero-order chi connectivity index (χ0) is 13.0. The second-order valence-electron chi connectivity index (χ2n) is 3.94. The highest BCUT2D eigenvalue weighted by Gasteiger charge is 2.21. The van der Waals surface area contributed by atoms with Gasteiger partial charge in [-0.2, -0.15) is 10.2 Å². The highest BCUT2D eigenvalue weighted by molar-refractivity contribution is 5.82. The molecule has 0 radical (unpaired) electrons. The van der Waals surface area contributed by atoms with E-state index in [0.29, 0.717) is 18.7 Å². The summed E-state index contributed by atoms with van der Waals surface area (Å²) in [6.07, 6.45) is 1.57. The molecule has 18 heavy (non-hydrogen) atoms. The van der Waals surface area contributed by atoms with Crippen molar-refractivity contribution in [2.75, 3.05) is 6.54 Å². The van der Waals surface area contributed by atoms with E-state index in [-0.39, 0.29) is 11.6 Å². The average Bonchev–Trinajstić information content (AvgIpc) is 2.38. The van der Waals surface area contributed by atoms with Crippen molar-refractivity contribution in [2.45, 2.75) is 18.9 Å². The van der Waals surface area contributed by atoms with Gasteiger partial charge in [0.15, 0.2) is 0 Å². The van der Waals surface area contributed by atoms with Gasteiger partial charge in [0.1, 0.15) is 6.04 Å². The number of nitrogens with zero attached hydrogens (tertiary/aromatic N) is 3. The van der Waals surface area contributed by atoms with E-state index >= 15 is 0 Å². The van der Waals surface area contributed by atoms with Gasteiger partial charge in [0.25, 0.3) is 5.69 Å². The first-order chi connectivity index (χ1) is 8.66. The summed E-state index contributed by atoms with van der Waals surface area (Å²) in [7, 11) is 0. The Kier molecular flexibility index (Phi) is 3.61. The number of hydrogen-bond acceptors (Lipinski definition) is 5. The molecule has 1 saturated heterocycles. The summed E-state index contributed by atoms with van der Waals surface area (Å²) in [5.74, 6) is -0.119. The molecule has 7 heteroatoms. The van der Waals surface area contributed by atoms with Crippen LogP contribution in [0.2, 0.25) is 0 Å². The fraction of sp³-hybridized carbons (Fsp3) is 0.364. The molecule has 94 valence electrons. The van der Waals surface area contributed by atoms with Crippen molar-refractivity contribution in [1.82, 2.24) is 5.32 Å². The molecule has 0 saturated carbocycles. The summed E-state index contributed by atoms with van der Waals surface area (Å²) < 4.78 is 0. The number of hydrogen-bond donors (Lipinski definition) is 1. The van der Waals surface area contributed by atoms with Crippen molar-refractivity contribution in [3.05, 3.63) is 34.4 Å². The fourth-order valence-electron chi connectivity index (χ4n) is 1.64. The van der Waals surface area contributed by atoms with E-state index in [1.54, 1.807) is 0 Å². The third kappa shape index (κ3) is 2.88. The monoisotopic (exact) mass is 248 g/mol. The Balaban J connectivity index is 2.04. The highest BCUT2D eigenvalue weighted by Crippen LogP contribution is 2.19. The van der Waals surface area contributed by atoms with Gasteiger partial charge in [-0.1, -0.05) is 0 Å². The molecule has 1 fully saturated rings. The molecule has 1 aliphatic heterocycles. The van der Waals surface area contributed by atoms with Crippen LogP contribution >= 0.6 is 0 Å². The van der Waals surface area contributed by atoms with Crippen LogP contribution in [0.5, 0.6) is 0 Å². The Morgan fingerprint density at radius 1 is 1.33 bits per heavy atom. The zero-order valence-electron chi connectivity index (χ0n) is 9.57. The molecule has 2 rings (SSSR count). The van der Waals surface area contributed by atoms with Crippen molar-refractivity contribution in [2.24, 2.45) is 10.2 Å². The number of nitro benzene ring substituents is 1. The topological polar surface area (TPSA) is 97.0 Å². The first-order valence-electron chi connectivity index (χ1n) is 5.60. The summed E-state index contributed by atoms with van der Waals surface area (Å²) in [4.78, 5) is 21.4. The SMILES string of the molecule is O=C1NCCCC1N=Nc1ccc([N+](=O)[O-])cc1. The first kappa shape index (κ1) is 12.2. The average molecular weight is 248 g/mol. The van der Waals surface area contributed by atoms with Crippen molar-refractivity contribution in [3.8, 4) is 0 Å². The molecular weight excluding hydrogens is 236 g/mol. The Morgan fingerprint density at radius 3 is 2.67 bits per heavy atom. The zero-order valence-corrected chi connectivity index (χ0v) is 9.57. The number of azo groups is 1. The number of rotatable bonds is 3. The van der Waals surface area contributed by atoms with Gasteiger partial charge in [0, 0.05) is 18.7 Å². The lowest BCUT2D eigenvalue weighted by molar-refractivity contribution is -0.384. The molecule has 0 bridgehead atoms. The molecule has 1 aromatic rings. The number of piperidine rings is 1. The Hall–Kier alpha value is -2.31. The number of nitrogens with one attached hydrogen (secondary N) is 1. The minimum atomic E-state index is -0.477. The van der Waals surface area contributed by atoms with Crippen LogP contribution < -0.4 is 5.32 Å². The molecule has 7 nitrogen and oxygen atoms in total. The lowest BCUT2D eigenvalue weighted by Crippen LogP contribution is -2.38. The lowest BCUT2D eigenvalue weighted by Gasteiger charge is -2.16. The van der Waals surface area contributed by atoms with Gasteiger partial charge < -0.3 is 5.32 Å². The van der Waals surface area contributed by atoms with Crippen molar-refractivity contribution in [3.63, 3.8) is 0 Å². The van der Waals surface area contributed by atoms with Gasteiger partial charge >= 0.3 is 0 Å². The molecular formula is C11H12N4O3. The minimum absolute atomic E-state index is 0.00404. The third-order valence-corrected chi connectivity index (χ3v) is 2.63. The number of carbonyl (C=O) groups is 1. The van der Waals surface area contributed by atoms with E-state index < -0.39 is 11.0 Å². The van der Waals surface area contributed by atoms with Crippen molar-refractivity contribution >= 4 is 17.3 Å². The summed E-state index contributed by atoms with van der Waals surface area (Å²) in [5, 5.41) is 21.0. The van der Waals surface area contributed by atoms with Crippen LogP contribution in [0.1, 0.15) is 12.8 Å². The third-order valence-electron chi connectivity index (χ3n) is 2.63. The number of benzene rings is 1. The molecule has 1 amide bonds. The molecule has 0 aliphatic carbocycles. The molecule has 1 atom stereocenters. The highest BCUT2D eigenvalue weighted by atomic mass is 16.6. The molecule has 0 aromatic heterocycles. The molecule has 1 unspecified atom stereocenters. The second kappa shape index (κ2) is 5.35. The summed E-state index contributed by atoms with van der Waals surface area (Å²) in [6.45, 7) is 0.683. The predicted molar refractivity (Wildman–Crippen MR) is 63.6 cm³/mol.